The highest BCUT2D eigenvalue weighted by atomic mass is 19.4. The third-order valence-electron chi connectivity index (χ3n) is 3.81. The molecule has 0 aliphatic carbocycles. The second-order valence-electron chi connectivity index (χ2n) is 5.52. The first-order valence-corrected chi connectivity index (χ1v) is 7.55. The summed E-state index contributed by atoms with van der Waals surface area (Å²) >= 11 is 0. The number of nitrogens with zero attached hydrogens (tertiary/aromatic N) is 2. The van der Waals surface area contributed by atoms with Gasteiger partial charge < -0.3 is 16.0 Å². The SMILES string of the molecule is C[C@H](Nc1ncnc(N)c1C(F)(F)F)c1[nH]ccc1-c1ccccc1. The zero-order valence-corrected chi connectivity index (χ0v) is 13.3. The van der Waals surface area contributed by atoms with Crippen LogP contribution >= 0.6 is 0 Å². The fourth-order valence-corrected chi connectivity index (χ4v) is 2.68. The molecule has 0 aliphatic heterocycles. The number of halogens is 3. The number of anilines is 2. The van der Waals surface area contributed by atoms with Crippen LogP contribution in [0.3, 0.4) is 0 Å². The minimum absolute atomic E-state index is 0.346. The van der Waals surface area contributed by atoms with Crippen LogP contribution in [-0.2, 0) is 6.18 Å². The van der Waals surface area contributed by atoms with Crippen LogP contribution in [0.4, 0.5) is 24.8 Å². The van der Waals surface area contributed by atoms with Crippen molar-refractivity contribution in [3.8, 4) is 11.1 Å². The Labute approximate surface area is 142 Å². The predicted molar refractivity (Wildman–Crippen MR) is 89.7 cm³/mol. The van der Waals surface area contributed by atoms with Gasteiger partial charge in [0, 0.05) is 17.5 Å². The van der Waals surface area contributed by atoms with Gasteiger partial charge in [0.05, 0.1) is 6.04 Å². The summed E-state index contributed by atoms with van der Waals surface area (Å²) < 4.78 is 39.7. The first-order valence-electron chi connectivity index (χ1n) is 7.55. The number of hydrogen-bond donors (Lipinski definition) is 3. The Hall–Kier alpha value is -3.03. The molecule has 3 aromatic rings. The highest BCUT2D eigenvalue weighted by Crippen LogP contribution is 2.38. The van der Waals surface area contributed by atoms with Crippen molar-refractivity contribution in [1.29, 1.82) is 0 Å². The molecule has 130 valence electrons. The van der Waals surface area contributed by atoms with E-state index >= 15 is 0 Å². The minimum atomic E-state index is -4.65. The van der Waals surface area contributed by atoms with Crippen LogP contribution in [0.25, 0.3) is 11.1 Å². The van der Waals surface area contributed by atoms with Gasteiger partial charge in [0.2, 0.25) is 0 Å². The summed E-state index contributed by atoms with van der Waals surface area (Å²) in [5, 5.41) is 2.79. The molecule has 0 unspecified atom stereocenters. The molecular weight excluding hydrogens is 331 g/mol. The Morgan fingerprint density at radius 1 is 1.12 bits per heavy atom. The number of aromatic nitrogens is 3. The number of aromatic amines is 1. The van der Waals surface area contributed by atoms with Gasteiger partial charge in [-0.3, -0.25) is 0 Å². The van der Waals surface area contributed by atoms with Gasteiger partial charge in [-0.05, 0) is 18.6 Å². The van der Waals surface area contributed by atoms with E-state index < -0.39 is 23.6 Å². The fraction of sp³-hybridized carbons (Fsp3) is 0.176. The predicted octanol–water partition coefficient (Wildman–Crippen LogP) is 4.25. The Morgan fingerprint density at radius 2 is 1.84 bits per heavy atom. The molecule has 0 amide bonds. The van der Waals surface area contributed by atoms with Crippen molar-refractivity contribution in [2.75, 3.05) is 11.1 Å². The van der Waals surface area contributed by atoms with E-state index in [9.17, 15) is 13.2 Å². The van der Waals surface area contributed by atoms with Gasteiger partial charge in [-0.15, -0.1) is 0 Å². The van der Waals surface area contributed by atoms with Gasteiger partial charge >= 0.3 is 6.18 Å². The van der Waals surface area contributed by atoms with Crippen LogP contribution in [0.5, 0.6) is 0 Å². The first-order chi connectivity index (χ1) is 11.9. The van der Waals surface area contributed by atoms with E-state index in [1.165, 1.54) is 0 Å². The monoisotopic (exact) mass is 347 g/mol. The Bertz CT molecular complexity index is 858. The molecule has 5 nitrogen and oxygen atoms in total. The molecule has 0 fully saturated rings. The lowest BCUT2D eigenvalue weighted by Crippen LogP contribution is -2.18. The van der Waals surface area contributed by atoms with Crippen LogP contribution in [-0.4, -0.2) is 15.0 Å². The number of nitrogen functional groups attached to an aromatic ring is 1. The maximum absolute atomic E-state index is 13.2. The molecule has 0 spiro atoms. The summed E-state index contributed by atoms with van der Waals surface area (Å²) in [4.78, 5) is 10.2. The Balaban J connectivity index is 1.94. The van der Waals surface area contributed by atoms with Crippen LogP contribution in [0.1, 0.15) is 24.2 Å². The molecule has 0 radical (unpaired) electrons. The standard InChI is InChI=1S/C17H16F3N5/c1-10(14-12(7-8-22-14)11-5-3-2-4-6-11)25-16-13(17(18,19)20)15(21)23-9-24-16/h2-10,22H,1H3,(H3,21,23,24,25)/t10-/m0/s1. The fourth-order valence-electron chi connectivity index (χ4n) is 2.68. The van der Waals surface area contributed by atoms with E-state index in [-0.39, 0.29) is 5.82 Å². The summed E-state index contributed by atoms with van der Waals surface area (Å²) in [6, 6.07) is 11.0. The summed E-state index contributed by atoms with van der Waals surface area (Å²) in [6.45, 7) is 1.75. The lowest BCUT2D eigenvalue weighted by molar-refractivity contribution is -0.136. The van der Waals surface area contributed by atoms with Crippen LogP contribution in [0.15, 0.2) is 48.9 Å². The van der Waals surface area contributed by atoms with Gasteiger partial charge in [0.25, 0.3) is 0 Å². The molecule has 0 bridgehead atoms. The van der Waals surface area contributed by atoms with Gasteiger partial charge in [-0.1, -0.05) is 30.3 Å². The second-order valence-corrected chi connectivity index (χ2v) is 5.52. The van der Waals surface area contributed by atoms with Crippen LogP contribution in [0, 0.1) is 0 Å². The lowest BCUT2D eigenvalue weighted by atomic mass is 10.0. The van der Waals surface area contributed by atoms with Gasteiger partial charge in [-0.25, -0.2) is 9.97 Å². The van der Waals surface area contributed by atoms with E-state index in [0.29, 0.717) is 0 Å². The molecule has 0 saturated carbocycles. The largest absolute Gasteiger partial charge is 0.423 e. The summed E-state index contributed by atoms with van der Waals surface area (Å²) in [5.41, 5.74) is 6.95. The van der Waals surface area contributed by atoms with Gasteiger partial charge in [0.15, 0.2) is 0 Å². The lowest BCUT2D eigenvalue weighted by Gasteiger charge is -2.19. The molecular formula is C17H16F3N5. The normalized spacial score (nSPS) is 12.8. The van der Waals surface area contributed by atoms with Crippen molar-refractivity contribution < 1.29 is 13.2 Å². The number of nitrogens with two attached hydrogens (primary N) is 1. The number of alkyl halides is 3. The van der Waals surface area contributed by atoms with Crippen molar-refractivity contribution in [3.63, 3.8) is 0 Å². The van der Waals surface area contributed by atoms with E-state index in [1.54, 1.807) is 13.1 Å². The van der Waals surface area contributed by atoms with Crippen molar-refractivity contribution >= 4 is 11.6 Å². The van der Waals surface area contributed by atoms with Crippen LogP contribution in [0.2, 0.25) is 0 Å². The number of hydrogen-bond acceptors (Lipinski definition) is 4. The zero-order chi connectivity index (χ0) is 18.0. The summed E-state index contributed by atoms with van der Waals surface area (Å²) in [7, 11) is 0. The van der Waals surface area contributed by atoms with Gasteiger partial charge in [0.1, 0.15) is 23.5 Å². The zero-order valence-electron chi connectivity index (χ0n) is 13.3. The molecule has 2 heterocycles. The third kappa shape index (κ3) is 3.42. The Morgan fingerprint density at radius 3 is 2.52 bits per heavy atom. The third-order valence-corrected chi connectivity index (χ3v) is 3.81. The van der Waals surface area contributed by atoms with Crippen molar-refractivity contribution in [2.45, 2.75) is 19.1 Å². The van der Waals surface area contributed by atoms with E-state index in [0.717, 1.165) is 23.1 Å². The van der Waals surface area contributed by atoms with Crippen LogP contribution < -0.4 is 11.1 Å². The van der Waals surface area contributed by atoms with E-state index in [1.807, 2.05) is 36.4 Å². The van der Waals surface area contributed by atoms with Crippen molar-refractivity contribution in [2.24, 2.45) is 0 Å². The smallest absolute Gasteiger partial charge is 0.383 e. The Kier molecular flexibility index (Phi) is 4.35. The molecule has 0 saturated heterocycles. The molecule has 1 aromatic carbocycles. The van der Waals surface area contributed by atoms with Gasteiger partial charge in [-0.2, -0.15) is 13.2 Å². The molecule has 8 heteroatoms. The second kappa shape index (κ2) is 6.46. The number of benzene rings is 1. The average Bonchev–Trinajstić information content (AvgIpc) is 3.04. The highest BCUT2D eigenvalue weighted by Gasteiger charge is 2.38. The summed E-state index contributed by atoms with van der Waals surface area (Å²) in [5.74, 6) is -0.951. The maximum Gasteiger partial charge on any atom is 0.423 e. The number of rotatable bonds is 4. The molecule has 2 aromatic heterocycles. The highest BCUT2D eigenvalue weighted by molar-refractivity contribution is 5.67. The average molecular weight is 347 g/mol. The topological polar surface area (TPSA) is 79.6 Å². The minimum Gasteiger partial charge on any atom is -0.383 e. The van der Waals surface area contributed by atoms with Crippen molar-refractivity contribution in [3.05, 3.63) is 60.2 Å². The van der Waals surface area contributed by atoms with E-state index in [4.69, 9.17) is 5.73 Å². The number of nitrogens with one attached hydrogen (secondary N) is 2. The number of H-pyrrole nitrogens is 1. The molecule has 4 N–H and O–H groups in total. The summed E-state index contributed by atoms with van der Waals surface area (Å²) in [6.07, 6.45) is -1.90. The van der Waals surface area contributed by atoms with Crippen molar-refractivity contribution in [1.82, 2.24) is 15.0 Å². The quantitative estimate of drug-likeness (QED) is 0.659. The first kappa shape index (κ1) is 16.8. The molecule has 3 rings (SSSR count). The van der Waals surface area contributed by atoms with E-state index in [2.05, 4.69) is 20.3 Å². The molecule has 0 aliphatic rings. The molecule has 25 heavy (non-hydrogen) atoms. The maximum atomic E-state index is 13.2. The molecule has 1 atom stereocenters.